The summed E-state index contributed by atoms with van der Waals surface area (Å²) in [7, 11) is 0. The molecule has 0 atom stereocenters. The third-order valence-corrected chi connectivity index (χ3v) is 2.61. The van der Waals surface area contributed by atoms with Crippen LogP contribution in [0.4, 0.5) is 5.69 Å². The van der Waals surface area contributed by atoms with E-state index in [1.807, 2.05) is 6.92 Å². The first-order valence-electron chi connectivity index (χ1n) is 4.88. The molecule has 0 saturated carbocycles. The fourth-order valence-corrected chi connectivity index (χ4v) is 1.53. The van der Waals surface area contributed by atoms with Crippen LogP contribution >= 0.6 is 11.8 Å². The van der Waals surface area contributed by atoms with E-state index in [1.165, 1.54) is 13.0 Å². The summed E-state index contributed by atoms with van der Waals surface area (Å²) in [5.74, 6) is 5.82. The molecule has 0 aliphatic heterocycles. The number of thioether (sulfide) groups is 1. The smallest absolute Gasteiger partial charge is 0.284 e. The molecular weight excluding hydrogens is 238 g/mol. The summed E-state index contributed by atoms with van der Waals surface area (Å²) < 4.78 is 0. The van der Waals surface area contributed by atoms with Crippen LogP contribution in [0.5, 0.6) is 0 Å². The number of rotatable bonds is 2. The largest absolute Gasteiger partial charge is 0.288 e. The monoisotopic (exact) mass is 249 g/mol. The van der Waals surface area contributed by atoms with Crippen molar-refractivity contribution in [2.45, 2.75) is 13.8 Å². The molecule has 0 N–H and O–H groups in total. The zero-order valence-electron chi connectivity index (χ0n) is 9.52. The number of carbonyl (C=O) groups is 1. The SMILES string of the molecule is CC(=O)SCC#Cc1cc(C)ccc1[N+](=O)[O-]. The molecule has 88 valence electrons. The molecule has 1 aromatic rings. The van der Waals surface area contributed by atoms with E-state index in [2.05, 4.69) is 11.8 Å². The predicted octanol–water partition coefficient (Wildman–Crippen LogP) is 2.53. The highest BCUT2D eigenvalue weighted by Gasteiger charge is 2.10. The molecule has 0 spiro atoms. The van der Waals surface area contributed by atoms with E-state index in [-0.39, 0.29) is 10.8 Å². The van der Waals surface area contributed by atoms with Crippen LogP contribution in [0, 0.1) is 28.9 Å². The fourth-order valence-electron chi connectivity index (χ4n) is 1.18. The van der Waals surface area contributed by atoms with E-state index in [9.17, 15) is 14.9 Å². The van der Waals surface area contributed by atoms with Crippen molar-refractivity contribution < 1.29 is 9.72 Å². The summed E-state index contributed by atoms with van der Waals surface area (Å²) in [6.45, 7) is 3.31. The van der Waals surface area contributed by atoms with Gasteiger partial charge in [0.05, 0.1) is 10.7 Å². The Hall–Kier alpha value is -1.80. The lowest BCUT2D eigenvalue weighted by atomic mass is 10.1. The highest BCUT2D eigenvalue weighted by Crippen LogP contribution is 2.18. The minimum absolute atomic E-state index is 0.00377. The van der Waals surface area contributed by atoms with E-state index >= 15 is 0 Å². The van der Waals surface area contributed by atoms with Crippen molar-refractivity contribution in [1.29, 1.82) is 0 Å². The summed E-state index contributed by atoms with van der Waals surface area (Å²) in [5, 5.41) is 10.7. The first-order valence-corrected chi connectivity index (χ1v) is 5.86. The van der Waals surface area contributed by atoms with Gasteiger partial charge >= 0.3 is 0 Å². The molecule has 4 nitrogen and oxygen atoms in total. The van der Waals surface area contributed by atoms with Crippen molar-refractivity contribution in [3.05, 3.63) is 39.4 Å². The molecule has 0 radical (unpaired) electrons. The molecule has 0 aromatic heterocycles. The van der Waals surface area contributed by atoms with Crippen molar-refractivity contribution in [3.63, 3.8) is 0 Å². The number of nitrogens with zero attached hydrogens (tertiary/aromatic N) is 1. The molecule has 5 heteroatoms. The van der Waals surface area contributed by atoms with Crippen LogP contribution in [-0.4, -0.2) is 15.8 Å². The number of carbonyl (C=O) groups excluding carboxylic acids is 1. The Labute approximate surface area is 104 Å². The standard InChI is InChI=1S/C12H11NO3S/c1-9-5-6-12(13(15)16)11(8-9)4-3-7-17-10(2)14/h5-6,8H,7H2,1-2H3. The molecule has 0 heterocycles. The van der Waals surface area contributed by atoms with Crippen LogP contribution in [-0.2, 0) is 4.79 Å². The topological polar surface area (TPSA) is 60.2 Å². The number of hydrogen-bond donors (Lipinski definition) is 0. The van der Waals surface area contributed by atoms with Gasteiger partial charge in [0, 0.05) is 13.0 Å². The van der Waals surface area contributed by atoms with Crippen LogP contribution in [0.1, 0.15) is 18.1 Å². The Morgan fingerprint density at radius 2 is 2.24 bits per heavy atom. The molecule has 0 saturated heterocycles. The van der Waals surface area contributed by atoms with Crippen LogP contribution in [0.2, 0.25) is 0 Å². The van der Waals surface area contributed by atoms with Gasteiger partial charge < -0.3 is 0 Å². The summed E-state index contributed by atoms with van der Waals surface area (Å²) in [4.78, 5) is 21.0. The lowest BCUT2D eigenvalue weighted by Crippen LogP contribution is -1.92. The molecule has 0 aliphatic carbocycles. The van der Waals surface area contributed by atoms with Crippen LogP contribution in [0.15, 0.2) is 18.2 Å². The fraction of sp³-hybridized carbons (Fsp3) is 0.250. The summed E-state index contributed by atoms with van der Waals surface area (Å²) in [6.07, 6.45) is 0. The van der Waals surface area contributed by atoms with E-state index in [1.54, 1.807) is 12.1 Å². The zero-order chi connectivity index (χ0) is 12.8. The lowest BCUT2D eigenvalue weighted by molar-refractivity contribution is -0.385. The second-order valence-electron chi connectivity index (χ2n) is 3.36. The normalized spacial score (nSPS) is 9.29. The molecule has 1 aromatic carbocycles. The van der Waals surface area contributed by atoms with Crippen molar-refractivity contribution in [2.75, 3.05) is 5.75 Å². The Morgan fingerprint density at radius 1 is 1.53 bits per heavy atom. The van der Waals surface area contributed by atoms with Gasteiger partial charge in [0.25, 0.3) is 5.69 Å². The maximum absolute atomic E-state index is 10.8. The van der Waals surface area contributed by atoms with Gasteiger partial charge in [0.2, 0.25) is 0 Å². The third-order valence-electron chi connectivity index (χ3n) is 1.92. The summed E-state index contributed by atoms with van der Waals surface area (Å²) >= 11 is 1.09. The average Bonchev–Trinajstić information content (AvgIpc) is 2.23. The van der Waals surface area contributed by atoms with E-state index in [0.29, 0.717) is 11.3 Å². The average molecular weight is 249 g/mol. The van der Waals surface area contributed by atoms with Gasteiger partial charge in [0.15, 0.2) is 5.12 Å². The van der Waals surface area contributed by atoms with E-state index in [0.717, 1.165) is 17.3 Å². The Kier molecular flexibility index (Phi) is 4.73. The molecular formula is C12H11NO3S. The maximum atomic E-state index is 10.8. The predicted molar refractivity (Wildman–Crippen MR) is 67.9 cm³/mol. The van der Waals surface area contributed by atoms with Gasteiger partial charge in [-0.3, -0.25) is 14.9 Å². The van der Waals surface area contributed by atoms with Gasteiger partial charge in [0.1, 0.15) is 5.56 Å². The Balaban J connectivity index is 2.92. The molecule has 0 bridgehead atoms. The van der Waals surface area contributed by atoms with Crippen LogP contribution in [0.3, 0.4) is 0 Å². The minimum atomic E-state index is -0.457. The van der Waals surface area contributed by atoms with Crippen molar-refractivity contribution in [1.82, 2.24) is 0 Å². The van der Waals surface area contributed by atoms with Crippen LogP contribution in [0.25, 0.3) is 0 Å². The zero-order valence-corrected chi connectivity index (χ0v) is 10.3. The molecule has 0 unspecified atom stereocenters. The Bertz CT molecular complexity index is 514. The second-order valence-corrected chi connectivity index (χ2v) is 4.51. The lowest BCUT2D eigenvalue weighted by Gasteiger charge is -1.96. The summed E-state index contributed by atoms with van der Waals surface area (Å²) in [6, 6.07) is 4.79. The van der Waals surface area contributed by atoms with Gasteiger partial charge in [-0.15, -0.1) is 0 Å². The van der Waals surface area contributed by atoms with Crippen molar-refractivity contribution >= 4 is 22.6 Å². The van der Waals surface area contributed by atoms with E-state index < -0.39 is 4.92 Å². The number of nitro benzene ring substituents is 1. The van der Waals surface area contributed by atoms with Crippen molar-refractivity contribution in [3.8, 4) is 11.8 Å². The first kappa shape index (κ1) is 13.3. The summed E-state index contributed by atoms with van der Waals surface area (Å²) in [5.41, 5.74) is 1.30. The molecule has 0 fully saturated rings. The highest BCUT2D eigenvalue weighted by atomic mass is 32.2. The van der Waals surface area contributed by atoms with Gasteiger partial charge in [-0.2, -0.15) is 0 Å². The second kappa shape index (κ2) is 6.06. The van der Waals surface area contributed by atoms with E-state index in [4.69, 9.17) is 0 Å². The van der Waals surface area contributed by atoms with Crippen LogP contribution < -0.4 is 0 Å². The molecule has 1 rings (SSSR count). The van der Waals surface area contributed by atoms with Gasteiger partial charge in [-0.25, -0.2) is 0 Å². The van der Waals surface area contributed by atoms with Gasteiger partial charge in [-0.05, 0) is 18.6 Å². The maximum Gasteiger partial charge on any atom is 0.284 e. The number of nitro groups is 1. The highest BCUT2D eigenvalue weighted by molar-refractivity contribution is 8.13. The van der Waals surface area contributed by atoms with Gasteiger partial charge in [-0.1, -0.05) is 29.7 Å². The minimum Gasteiger partial charge on any atom is -0.288 e. The Morgan fingerprint density at radius 3 is 2.82 bits per heavy atom. The first-order chi connectivity index (χ1) is 8.00. The van der Waals surface area contributed by atoms with Crippen molar-refractivity contribution in [2.24, 2.45) is 0 Å². The quantitative estimate of drug-likeness (QED) is 0.459. The number of hydrogen-bond acceptors (Lipinski definition) is 4. The molecule has 0 amide bonds. The molecule has 17 heavy (non-hydrogen) atoms. The molecule has 0 aliphatic rings. The number of aryl methyl sites for hydroxylation is 1. The third kappa shape index (κ3) is 4.29. The number of benzene rings is 1.